The Morgan fingerprint density at radius 1 is 1.17 bits per heavy atom. The second kappa shape index (κ2) is 10.2. The van der Waals surface area contributed by atoms with Crippen LogP contribution in [0.2, 0.25) is 0 Å². The van der Waals surface area contributed by atoms with E-state index in [1.807, 2.05) is 13.0 Å². The molecule has 0 unspecified atom stereocenters. The van der Waals surface area contributed by atoms with Gasteiger partial charge in [-0.1, -0.05) is 6.08 Å². The van der Waals surface area contributed by atoms with Crippen LogP contribution in [0, 0.1) is 5.82 Å². The number of anilines is 2. The molecule has 1 fully saturated rings. The molecule has 1 saturated heterocycles. The Hall–Kier alpha value is -3.82. The van der Waals surface area contributed by atoms with Crippen molar-refractivity contribution in [2.24, 2.45) is 0 Å². The minimum atomic E-state index is -4.57. The molecule has 0 atom stereocenters. The molecular weight excluding hydrogens is 464 g/mol. The van der Waals surface area contributed by atoms with Crippen LogP contribution in [0.15, 0.2) is 48.5 Å². The minimum absolute atomic E-state index is 0.00830. The molecule has 2 heterocycles. The first kappa shape index (κ1) is 24.3. The highest BCUT2D eigenvalue weighted by atomic mass is 19.4. The van der Waals surface area contributed by atoms with E-state index in [9.17, 15) is 22.4 Å². The molecule has 1 aromatic heterocycles. The Kier molecular flexibility index (Phi) is 7.09. The molecule has 0 saturated carbocycles. The van der Waals surface area contributed by atoms with E-state index >= 15 is 0 Å². The van der Waals surface area contributed by atoms with E-state index in [2.05, 4.69) is 15.5 Å². The van der Waals surface area contributed by atoms with Crippen LogP contribution in [-0.4, -0.2) is 29.2 Å². The summed E-state index contributed by atoms with van der Waals surface area (Å²) in [6.45, 7) is 2.95. The number of benzene rings is 2. The van der Waals surface area contributed by atoms with E-state index in [1.165, 1.54) is 24.3 Å². The number of hydrogen-bond donors (Lipinski definition) is 2. The molecule has 0 radical (unpaired) electrons. The Bertz CT molecular complexity index is 1230. The van der Waals surface area contributed by atoms with Gasteiger partial charge < -0.3 is 15.0 Å². The lowest BCUT2D eigenvalue weighted by Gasteiger charge is -2.23. The van der Waals surface area contributed by atoms with Gasteiger partial charge in [-0.25, -0.2) is 4.39 Å². The third-order valence-electron chi connectivity index (χ3n) is 5.57. The molecule has 1 aliphatic heterocycles. The molecule has 4 rings (SSSR count). The van der Waals surface area contributed by atoms with Gasteiger partial charge in [-0.15, -0.1) is 0 Å². The van der Waals surface area contributed by atoms with Crippen LogP contribution in [-0.2, 0) is 12.8 Å². The maximum atomic E-state index is 14.2. The van der Waals surface area contributed by atoms with Crippen LogP contribution in [0.3, 0.4) is 0 Å². The van der Waals surface area contributed by atoms with Crippen LogP contribution in [0.1, 0.15) is 47.1 Å². The number of allylic oxidation sites excluding steroid dienone is 1. The van der Waals surface area contributed by atoms with Crippen molar-refractivity contribution in [3.8, 4) is 5.75 Å². The fourth-order valence-corrected chi connectivity index (χ4v) is 3.90. The van der Waals surface area contributed by atoms with Crippen molar-refractivity contribution in [2.75, 3.05) is 23.3 Å². The normalized spacial score (nSPS) is 14.0. The largest absolute Gasteiger partial charge is 0.484 e. The summed E-state index contributed by atoms with van der Waals surface area (Å²) in [4.78, 5) is 14.4. The van der Waals surface area contributed by atoms with Gasteiger partial charge in [0, 0.05) is 30.0 Å². The topological polar surface area (TPSA) is 70.2 Å². The highest BCUT2D eigenvalue weighted by Crippen LogP contribution is 2.39. The molecule has 0 aliphatic carbocycles. The summed E-state index contributed by atoms with van der Waals surface area (Å²) in [5.41, 5.74) is 0.613. The molecule has 6 nitrogen and oxygen atoms in total. The van der Waals surface area contributed by atoms with Gasteiger partial charge in [0.2, 0.25) is 0 Å². The minimum Gasteiger partial charge on any atom is -0.484 e. The smallest absolute Gasteiger partial charge is 0.418 e. The molecule has 0 spiro atoms. The molecule has 184 valence electrons. The van der Waals surface area contributed by atoms with Gasteiger partial charge in [-0.2, -0.15) is 18.3 Å². The highest BCUT2D eigenvalue weighted by molar-refractivity contribution is 6.04. The maximum Gasteiger partial charge on any atom is 0.418 e. The Labute approximate surface area is 199 Å². The highest BCUT2D eigenvalue weighted by Gasteiger charge is 2.36. The summed E-state index contributed by atoms with van der Waals surface area (Å²) < 4.78 is 60.8. The number of carbonyl (C=O) groups is 1. The van der Waals surface area contributed by atoms with Gasteiger partial charge in [0.25, 0.3) is 5.91 Å². The number of nitrogens with one attached hydrogen (secondary N) is 2. The molecule has 10 heteroatoms. The summed E-state index contributed by atoms with van der Waals surface area (Å²) in [5.74, 6) is -1.53. The van der Waals surface area contributed by atoms with E-state index in [1.54, 1.807) is 17.0 Å². The molecule has 3 aromatic rings. The molecule has 1 aliphatic rings. The van der Waals surface area contributed by atoms with Crippen molar-refractivity contribution in [1.29, 1.82) is 0 Å². The van der Waals surface area contributed by atoms with E-state index in [-0.39, 0.29) is 29.3 Å². The standard InChI is InChI=1S/C25H24F4N4O2/c1-2-5-18-13-19(32-31-18)15-35-23-12-16(6-8-21(23)26)24(34)30-17-7-9-22(33-10-3-4-11-33)20(14-17)25(27,28)29/h2,5-9,12-14H,3-4,10-11,15H2,1H3,(H,30,34)(H,31,32)/b5-2+. The number of alkyl halides is 3. The lowest BCUT2D eigenvalue weighted by Crippen LogP contribution is -2.22. The molecule has 1 amide bonds. The van der Waals surface area contributed by atoms with Crippen LogP contribution in [0.25, 0.3) is 6.08 Å². The van der Waals surface area contributed by atoms with Gasteiger partial charge in [0.05, 0.1) is 17.0 Å². The lowest BCUT2D eigenvalue weighted by molar-refractivity contribution is -0.137. The van der Waals surface area contributed by atoms with Crippen molar-refractivity contribution in [1.82, 2.24) is 10.2 Å². The van der Waals surface area contributed by atoms with Crippen molar-refractivity contribution >= 4 is 23.4 Å². The van der Waals surface area contributed by atoms with Gasteiger partial charge >= 0.3 is 6.18 Å². The number of aromatic amines is 1. The predicted molar refractivity (Wildman–Crippen MR) is 125 cm³/mol. The number of amides is 1. The first-order valence-corrected chi connectivity index (χ1v) is 11.1. The number of carbonyl (C=O) groups excluding carboxylic acids is 1. The first-order valence-electron chi connectivity index (χ1n) is 11.1. The molecular formula is C25H24F4N4O2. The summed E-state index contributed by atoms with van der Waals surface area (Å²) in [7, 11) is 0. The van der Waals surface area contributed by atoms with Gasteiger partial charge in [0.15, 0.2) is 11.6 Å². The summed E-state index contributed by atoms with van der Waals surface area (Å²) >= 11 is 0. The van der Waals surface area contributed by atoms with E-state index in [0.717, 1.165) is 25.0 Å². The number of rotatable bonds is 7. The Balaban J connectivity index is 1.49. The van der Waals surface area contributed by atoms with Crippen molar-refractivity contribution in [3.05, 3.63) is 76.9 Å². The lowest BCUT2D eigenvalue weighted by atomic mass is 10.1. The molecule has 2 aromatic carbocycles. The SMILES string of the molecule is C/C=C/c1cc(COc2cc(C(=O)Nc3ccc(N4CCCC4)c(C(F)(F)F)c3)ccc2F)[nH]n1. The zero-order valence-corrected chi connectivity index (χ0v) is 19.0. The number of halogens is 4. The second-order valence-corrected chi connectivity index (χ2v) is 8.13. The monoisotopic (exact) mass is 488 g/mol. The van der Waals surface area contributed by atoms with Gasteiger partial charge in [-0.05, 0) is 68.3 Å². The maximum absolute atomic E-state index is 14.2. The zero-order valence-electron chi connectivity index (χ0n) is 19.0. The number of ether oxygens (including phenoxy) is 1. The van der Waals surface area contributed by atoms with Crippen molar-refractivity contribution < 1.29 is 27.1 Å². The summed E-state index contributed by atoms with van der Waals surface area (Å²) in [6.07, 6.45) is 0.701. The van der Waals surface area contributed by atoms with E-state index < -0.39 is 23.5 Å². The Morgan fingerprint density at radius 2 is 1.94 bits per heavy atom. The third kappa shape index (κ3) is 5.82. The van der Waals surface area contributed by atoms with Crippen LogP contribution < -0.4 is 15.0 Å². The molecule has 2 N–H and O–H groups in total. The summed E-state index contributed by atoms with van der Waals surface area (Å²) in [6, 6.07) is 8.97. The summed E-state index contributed by atoms with van der Waals surface area (Å²) in [5, 5.41) is 9.29. The third-order valence-corrected chi connectivity index (χ3v) is 5.57. The quantitative estimate of drug-likeness (QED) is 0.399. The first-order chi connectivity index (χ1) is 16.7. The number of nitrogens with zero attached hydrogens (tertiary/aromatic N) is 2. The molecule has 0 bridgehead atoms. The second-order valence-electron chi connectivity index (χ2n) is 8.13. The predicted octanol–water partition coefficient (Wildman–Crippen LogP) is 6.03. The number of H-pyrrole nitrogens is 1. The van der Waals surface area contributed by atoms with Crippen LogP contribution >= 0.6 is 0 Å². The van der Waals surface area contributed by atoms with E-state index in [4.69, 9.17) is 4.74 Å². The average molecular weight is 488 g/mol. The van der Waals surface area contributed by atoms with Crippen molar-refractivity contribution in [3.63, 3.8) is 0 Å². The Morgan fingerprint density at radius 3 is 2.66 bits per heavy atom. The zero-order chi connectivity index (χ0) is 25.0. The van der Waals surface area contributed by atoms with Gasteiger partial charge in [-0.3, -0.25) is 9.89 Å². The average Bonchev–Trinajstić information content (AvgIpc) is 3.51. The van der Waals surface area contributed by atoms with E-state index in [0.29, 0.717) is 24.5 Å². The fraction of sp³-hybridized carbons (Fsp3) is 0.280. The van der Waals surface area contributed by atoms with Gasteiger partial charge in [0.1, 0.15) is 6.61 Å². The number of aromatic nitrogens is 2. The number of hydrogen-bond acceptors (Lipinski definition) is 4. The van der Waals surface area contributed by atoms with Crippen LogP contribution in [0.4, 0.5) is 28.9 Å². The molecule has 35 heavy (non-hydrogen) atoms. The van der Waals surface area contributed by atoms with Crippen molar-refractivity contribution in [2.45, 2.75) is 32.5 Å². The fourth-order valence-electron chi connectivity index (χ4n) is 3.90. The van der Waals surface area contributed by atoms with Crippen LogP contribution in [0.5, 0.6) is 5.75 Å².